The van der Waals surface area contributed by atoms with Gasteiger partial charge in [-0.3, -0.25) is 4.98 Å². The van der Waals surface area contributed by atoms with Gasteiger partial charge in [0.15, 0.2) is 0 Å². The van der Waals surface area contributed by atoms with Crippen molar-refractivity contribution in [2.45, 2.75) is 19.8 Å². The van der Waals surface area contributed by atoms with E-state index in [1.54, 1.807) is 0 Å². The Morgan fingerprint density at radius 1 is 1.00 bits per heavy atom. The second kappa shape index (κ2) is 5.87. The molecular weight excluding hydrogens is 242 g/mol. The monoisotopic (exact) mass is 261 g/mol. The van der Waals surface area contributed by atoms with Gasteiger partial charge in [0.25, 0.3) is 0 Å². The van der Waals surface area contributed by atoms with Crippen LogP contribution in [0.2, 0.25) is 0 Å². The van der Waals surface area contributed by atoms with Crippen molar-refractivity contribution in [2.24, 2.45) is 5.92 Å². The van der Waals surface area contributed by atoms with Crippen molar-refractivity contribution in [2.75, 3.05) is 0 Å². The number of allylic oxidation sites excluding steroid dienone is 4. The van der Waals surface area contributed by atoms with Crippen LogP contribution in [0.3, 0.4) is 0 Å². The van der Waals surface area contributed by atoms with Gasteiger partial charge >= 0.3 is 0 Å². The second-order valence-electron chi connectivity index (χ2n) is 5.40. The number of hydrogen-bond donors (Lipinski definition) is 0. The number of rotatable bonds is 2. The average molecular weight is 261 g/mol. The van der Waals surface area contributed by atoms with Crippen molar-refractivity contribution < 1.29 is 0 Å². The highest BCUT2D eigenvalue weighted by Crippen LogP contribution is 2.30. The van der Waals surface area contributed by atoms with Crippen LogP contribution in [-0.2, 0) is 0 Å². The highest BCUT2D eigenvalue weighted by molar-refractivity contribution is 5.83. The quantitative estimate of drug-likeness (QED) is 0.731. The SMILES string of the molecule is CC1CC=CC(c2cccnc2-c2ccccc2)=CC1. The van der Waals surface area contributed by atoms with Crippen molar-refractivity contribution >= 4 is 5.57 Å². The summed E-state index contributed by atoms with van der Waals surface area (Å²) in [4.78, 5) is 4.60. The van der Waals surface area contributed by atoms with Crippen LogP contribution in [0.4, 0.5) is 0 Å². The van der Waals surface area contributed by atoms with Gasteiger partial charge in [-0.2, -0.15) is 0 Å². The Bertz CT molecular complexity index is 638. The molecule has 0 N–H and O–H groups in total. The summed E-state index contributed by atoms with van der Waals surface area (Å²) in [6, 6.07) is 14.6. The molecule has 0 amide bonds. The number of aromatic nitrogens is 1. The van der Waals surface area contributed by atoms with Gasteiger partial charge in [-0.05, 0) is 30.4 Å². The highest BCUT2D eigenvalue weighted by Gasteiger charge is 2.11. The molecule has 0 spiro atoms. The van der Waals surface area contributed by atoms with E-state index in [1.165, 1.54) is 16.7 Å². The molecule has 1 atom stereocenters. The first kappa shape index (κ1) is 12.9. The molecule has 0 radical (unpaired) electrons. The zero-order valence-corrected chi connectivity index (χ0v) is 11.8. The van der Waals surface area contributed by atoms with Crippen molar-refractivity contribution in [3.05, 3.63) is 72.5 Å². The molecule has 100 valence electrons. The molecule has 1 aromatic carbocycles. The number of pyridine rings is 1. The summed E-state index contributed by atoms with van der Waals surface area (Å²) in [5.41, 5.74) is 4.76. The van der Waals surface area contributed by atoms with Crippen LogP contribution in [0.1, 0.15) is 25.3 Å². The second-order valence-corrected chi connectivity index (χ2v) is 5.40. The van der Waals surface area contributed by atoms with E-state index in [4.69, 9.17) is 0 Å². The zero-order chi connectivity index (χ0) is 13.8. The maximum absolute atomic E-state index is 4.60. The summed E-state index contributed by atoms with van der Waals surface area (Å²) in [6.45, 7) is 2.30. The molecule has 0 aliphatic heterocycles. The smallest absolute Gasteiger partial charge is 0.0780 e. The normalized spacial score (nSPS) is 18.4. The van der Waals surface area contributed by atoms with Crippen molar-refractivity contribution in [1.29, 1.82) is 0 Å². The van der Waals surface area contributed by atoms with Crippen molar-refractivity contribution in [3.63, 3.8) is 0 Å². The third-order valence-electron chi connectivity index (χ3n) is 3.74. The lowest BCUT2D eigenvalue weighted by Crippen LogP contribution is -1.91. The molecule has 1 unspecified atom stereocenters. The first-order valence-electron chi connectivity index (χ1n) is 7.22. The molecule has 1 heterocycles. The molecule has 1 heteroatoms. The van der Waals surface area contributed by atoms with E-state index >= 15 is 0 Å². The molecule has 0 saturated carbocycles. The molecule has 3 rings (SSSR count). The van der Waals surface area contributed by atoms with Gasteiger partial charge in [-0.15, -0.1) is 0 Å². The van der Waals surface area contributed by atoms with Gasteiger partial charge in [-0.1, -0.05) is 61.5 Å². The van der Waals surface area contributed by atoms with E-state index in [0.29, 0.717) is 0 Å². The first-order valence-corrected chi connectivity index (χ1v) is 7.22. The highest BCUT2D eigenvalue weighted by atomic mass is 14.7. The summed E-state index contributed by atoms with van der Waals surface area (Å²) in [6.07, 6.45) is 11.0. The Kier molecular flexibility index (Phi) is 3.78. The average Bonchev–Trinajstić information content (AvgIpc) is 2.73. The molecule has 0 bridgehead atoms. The molecule has 0 fully saturated rings. The van der Waals surface area contributed by atoms with Crippen molar-refractivity contribution in [1.82, 2.24) is 4.98 Å². The van der Waals surface area contributed by atoms with E-state index in [-0.39, 0.29) is 0 Å². The minimum atomic E-state index is 0.723. The third-order valence-corrected chi connectivity index (χ3v) is 3.74. The fraction of sp³-hybridized carbons (Fsp3) is 0.211. The summed E-state index contributed by atoms with van der Waals surface area (Å²) in [5.74, 6) is 0.723. The van der Waals surface area contributed by atoms with Gasteiger partial charge in [0.05, 0.1) is 5.69 Å². The lowest BCUT2D eigenvalue weighted by molar-refractivity contribution is 0.607. The Balaban J connectivity index is 2.07. The van der Waals surface area contributed by atoms with E-state index in [1.807, 2.05) is 18.3 Å². The molecule has 1 nitrogen and oxygen atoms in total. The molecule has 2 aromatic rings. The fourth-order valence-electron chi connectivity index (χ4n) is 2.58. The summed E-state index contributed by atoms with van der Waals surface area (Å²) in [7, 11) is 0. The predicted octanol–water partition coefficient (Wildman–Crippen LogP) is 5.12. The number of benzene rings is 1. The van der Waals surface area contributed by atoms with Crippen molar-refractivity contribution in [3.8, 4) is 11.3 Å². The van der Waals surface area contributed by atoms with Crippen LogP contribution < -0.4 is 0 Å². The lowest BCUT2D eigenvalue weighted by Gasteiger charge is -2.09. The molecule has 20 heavy (non-hydrogen) atoms. The van der Waals surface area contributed by atoms with E-state index in [0.717, 1.165) is 24.5 Å². The van der Waals surface area contributed by atoms with Crippen LogP contribution in [0, 0.1) is 5.92 Å². The molecule has 1 aliphatic carbocycles. The molecule has 1 aromatic heterocycles. The van der Waals surface area contributed by atoms with Crippen LogP contribution in [0.25, 0.3) is 16.8 Å². The van der Waals surface area contributed by atoms with Gasteiger partial charge < -0.3 is 0 Å². The maximum Gasteiger partial charge on any atom is 0.0780 e. The van der Waals surface area contributed by atoms with Gasteiger partial charge in [0.2, 0.25) is 0 Å². The van der Waals surface area contributed by atoms with E-state index in [9.17, 15) is 0 Å². The Labute approximate surface area is 120 Å². The minimum Gasteiger partial charge on any atom is -0.256 e. The van der Waals surface area contributed by atoms with E-state index in [2.05, 4.69) is 60.5 Å². The zero-order valence-electron chi connectivity index (χ0n) is 11.8. The maximum atomic E-state index is 4.60. The Morgan fingerprint density at radius 2 is 1.85 bits per heavy atom. The largest absolute Gasteiger partial charge is 0.256 e. The topological polar surface area (TPSA) is 12.9 Å². The standard InChI is InChI=1S/C19H19N/c1-15-7-5-10-16(13-12-15)18-11-6-14-20-19(18)17-8-3-2-4-9-17/h2-6,8-11,13-15H,7,12H2,1H3. The first-order chi connectivity index (χ1) is 9.84. The number of hydrogen-bond acceptors (Lipinski definition) is 1. The van der Waals surface area contributed by atoms with Crippen LogP contribution in [0.15, 0.2) is 66.9 Å². The predicted molar refractivity (Wildman–Crippen MR) is 85.2 cm³/mol. The van der Waals surface area contributed by atoms with Crippen LogP contribution >= 0.6 is 0 Å². The van der Waals surface area contributed by atoms with E-state index < -0.39 is 0 Å². The third kappa shape index (κ3) is 2.72. The number of nitrogens with zero attached hydrogens (tertiary/aromatic N) is 1. The summed E-state index contributed by atoms with van der Waals surface area (Å²) >= 11 is 0. The Morgan fingerprint density at radius 3 is 2.70 bits per heavy atom. The minimum absolute atomic E-state index is 0.723. The lowest BCUT2D eigenvalue weighted by atomic mass is 9.98. The molecule has 1 aliphatic rings. The van der Waals surface area contributed by atoms with Gasteiger partial charge in [0, 0.05) is 17.3 Å². The molecular formula is C19H19N. The van der Waals surface area contributed by atoms with Gasteiger partial charge in [-0.25, -0.2) is 0 Å². The van der Waals surface area contributed by atoms with Crippen LogP contribution in [0.5, 0.6) is 0 Å². The fourth-order valence-corrected chi connectivity index (χ4v) is 2.58. The van der Waals surface area contributed by atoms with Crippen LogP contribution in [-0.4, -0.2) is 4.98 Å². The summed E-state index contributed by atoms with van der Waals surface area (Å²) in [5, 5.41) is 0. The van der Waals surface area contributed by atoms with Gasteiger partial charge in [0.1, 0.15) is 0 Å². The Hall–Kier alpha value is -2.15. The summed E-state index contributed by atoms with van der Waals surface area (Å²) < 4.78 is 0. The molecule has 0 saturated heterocycles.